The molecule has 0 N–H and O–H groups in total. The number of halogens is 1. The lowest BCUT2D eigenvalue weighted by atomic mass is 10.1. The number of nitro benzene ring substituents is 1. The van der Waals surface area contributed by atoms with Gasteiger partial charge in [0.25, 0.3) is 11.6 Å². The number of non-ortho nitro benzene ring substituents is 1. The van der Waals surface area contributed by atoms with E-state index in [1.165, 1.54) is 12.1 Å². The number of hydrogen-bond acceptors (Lipinski definition) is 3. The molecule has 0 saturated heterocycles. The summed E-state index contributed by atoms with van der Waals surface area (Å²) in [4.78, 5) is 24.4. The van der Waals surface area contributed by atoms with E-state index in [0.717, 1.165) is 16.4 Å². The SMILES string of the molecule is CCCCN(CC)C(=O)c1cc([N+](=O)[O-])ccc1I. The van der Waals surface area contributed by atoms with Crippen molar-refractivity contribution < 1.29 is 9.72 Å². The summed E-state index contributed by atoms with van der Waals surface area (Å²) in [5.41, 5.74) is 0.364. The number of carbonyl (C=O) groups is 1. The van der Waals surface area contributed by atoms with Gasteiger partial charge in [-0.15, -0.1) is 0 Å². The second-order valence-corrected chi connectivity index (χ2v) is 5.32. The van der Waals surface area contributed by atoms with E-state index in [0.29, 0.717) is 18.7 Å². The third-order valence-corrected chi connectivity index (χ3v) is 3.78. The molecular formula is C13H17IN2O3. The first kappa shape index (κ1) is 15.9. The highest BCUT2D eigenvalue weighted by molar-refractivity contribution is 14.1. The van der Waals surface area contributed by atoms with Gasteiger partial charge in [-0.25, -0.2) is 0 Å². The van der Waals surface area contributed by atoms with E-state index in [-0.39, 0.29) is 11.6 Å². The average molecular weight is 376 g/mol. The summed E-state index contributed by atoms with van der Waals surface area (Å²) in [6.07, 6.45) is 1.95. The zero-order chi connectivity index (χ0) is 14.4. The van der Waals surface area contributed by atoms with Crippen molar-refractivity contribution in [1.82, 2.24) is 4.90 Å². The summed E-state index contributed by atoms with van der Waals surface area (Å²) in [6, 6.07) is 4.39. The zero-order valence-corrected chi connectivity index (χ0v) is 13.2. The molecule has 5 nitrogen and oxygen atoms in total. The number of carbonyl (C=O) groups excluding carboxylic acids is 1. The summed E-state index contributed by atoms with van der Waals surface area (Å²) in [5, 5.41) is 10.8. The number of nitro groups is 1. The molecule has 1 aromatic rings. The molecule has 1 aromatic carbocycles. The molecule has 0 unspecified atom stereocenters. The van der Waals surface area contributed by atoms with E-state index in [1.54, 1.807) is 11.0 Å². The van der Waals surface area contributed by atoms with Crippen molar-refractivity contribution in [2.24, 2.45) is 0 Å². The van der Waals surface area contributed by atoms with Gasteiger partial charge in [-0.05, 0) is 42.0 Å². The fraction of sp³-hybridized carbons (Fsp3) is 0.462. The van der Waals surface area contributed by atoms with Crippen LogP contribution in [0.15, 0.2) is 18.2 Å². The minimum atomic E-state index is -0.477. The molecule has 0 atom stereocenters. The van der Waals surface area contributed by atoms with Crippen LogP contribution in [0.1, 0.15) is 37.0 Å². The van der Waals surface area contributed by atoms with Gasteiger partial charge in [0.2, 0.25) is 0 Å². The van der Waals surface area contributed by atoms with Crippen molar-refractivity contribution in [3.8, 4) is 0 Å². The molecule has 0 spiro atoms. The van der Waals surface area contributed by atoms with Crippen LogP contribution in [-0.4, -0.2) is 28.8 Å². The molecule has 0 bridgehead atoms. The molecule has 0 radical (unpaired) electrons. The number of unbranched alkanes of at least 4 members (excludes halogenated alkanes) is 1. The van der Waals surface area contributed by atoms with E-state index >= 15 is 0 Å². The van der Waals surface area contributed by atoms with Crippen LogP contribution in [0.25, 0.3) is 0 Å². The van der Waals surface area contributed by atoms with Gasteiger partial charge in [-0.3, -0.25) is 14.9 Å². The van der Waals surface area contributed by atoms with E-state index in [1.807, 2.05) is 29.5 Å². The number of rotatable bonds is 6. The lowest BCUT2D eigenvalue weighted by Gasteiger charge is -2.21. The second-order valence-electron chi connectivity index (χ2n) is 4.16. The summed E-state index contributed by atoms with van der Waals surface area (Å²) in [7, 11) is 0. The lowest BCUT2D eigenvalue weighted by Crippen LogP contribution is -2.32. The molecule has 104 valence electrons. The highest BCUT2D eigenvalue weighted by atomic mass is 127. The van der Waals surface area contributed by atoms with Crippen LogP contribution in [0.5, 0.6) is 0 Å². The fourth-order valence-corrected chi connectivity index (χ4v) is 2.28. The van der Waals surface area contributed by atoms with Gasteiger partial charge in [0.15, 0.2) is 0 Å². The lowest BCUT2D eigenvalue weighted by molar-refractivity contribution is -0.384. The summed E-state index contributed by atoms with van der Waals surface area (Å²) in [5.74, 6) is -0.135. The van der Waals surface area contributed by atoms with E-state index in [4.69, 9.17) is 0 Å². The molecule has 1 rings (SSSR count). The van der Waals surface area contributed by atoms with Gasteiger partial charge < -0.3 is 4.90 Å². The number of benzene rings is 1. The first-order valence-corrected chi connectivity index (χ1v) is 7.32. The smallest absolute Gasteiger partial charge is 0.270 e. The van der Waals surface area contributed by atoms with Crippen LogP contribution in [0.4, 0.5) is 5.69 Å². The van der Waals surface area contributed by atoms with Crippen LogP contribution in [0.3, 0.4) is 0 Å². The Labute approximate surface area is 126 Å². The van der Waals surface area contributed by atoms with Crippen LogP contribution in [0.2, 0.25) is 0 Å². The molecule has 0 saturated carbocycles. The standard InChI is InChI=1S/C13H17IN2O3/c1-3-5-8-15(4-2)13(17)11-9-10(16(18)19)6-7-12(11)14/h6-7,9H,3-5,8H2,1-2H3. The van der Waals surface area contributed by atoms with Gasteiger partial charge in [0.1, 0.15) is 0 Å². The minimum Gasteiger partial charge on any atom is -0.339 e. The van der Waals surface area contributed by atoms with Gasteiger partial charge in [-0.1, -0.05) is 13.3 Å². The Balaban J connectivity index is 3.02. The van der Waals surface area contributed by atoms with Crippen LogP contribution in [-0.2, 0) is 0 Å². The Kier molecular flexibility index (Phi) is 6.20. The Morgan fingerprint density at radius 1 is 1.42 bits per heavy atom. The van der Waals surface area contributed by atoms with Crippen molar-refractivity contribution >= 4 is 34.2 Å². The second kappa shape index (κ2) is 7.42. The molecule has 0 heterocycles. The maximum absolute atomic E-state index is 12.4. The van der Waals surface area contributed by atoms with Crippen LogP contribution < -0.4 is 0 Å². The van der Waals surface area contributed by atoms with Gasteiger partial charge in [0, 0.05) is 28.8 Å². The van der Waals surface area contributed by atoms with Crippen molar-refractivity contribution in [3.05, 3.63) is 37.4 Å². The van der Waals surface area contributed by atoms with Crippen molar-refractivity contribution in [3.63, 3.8) is 0 Å². The predicted octanol–water partition coefficient (Wildman–Crippen LogP) is 3.46. The summed E-state index contributed by atoms with van der Waals surface area (Å²) < 4.78 is 0.739. The molecule has 1 amide bonds. The molecule has 0 aliphatic heterocycles. The van der Waals surface area contributed by atoms with E-state index < -0.39 is 4.92 Å². The van der Waals surface area contributed by atoms with Gasteiger partial charge in [0.05, 0.1) is 10.5 Å². The third-order valence-electron chi connectivity index (χ3n) is 2.84. The van der Waals surface area contributed by atoms with Gasteiger partial charge in [-0.2, -0.15) is 0 Å². The molecule has 0 aliphatic rings. The largest absolute Gasteiger partial charge is 0.339 e. The summed E-state index contributed by atoms with van der Waals surface area (Å²) >= 11 is 2.03. The Morgan fingerprint density at radius 3 is 2.63 bits per heavy atom. The third kappa shape index (κ3) is 4.15. The highest BCUT2D eigenvalue weighted by Crippen LogP contribution is 2.21. The maximum Gasteiger partial charge on any atom is 0.270 e. The highest BCUT2D eigenvalue weighted by Gasteiger charge is 2.19. The number of hydrogen-bond donors (Lipinski definition) is 0. The van der Waals surface area contributed by atoms with Crippen LogP contribution >= 0.6 is 22.6 Å². The summed E-state index contributed by atoms with van der Waals surface area (Å²) in [6.45, 7) is 5.27. The zero-order valence-electron chi connectivity index (χ0n) is 11.1. The molecule has 0 aliphatic carbocycles. The minimum absolute atomic E-state index is 0.0460. The number of nitrogens with zero attached hydrogens (tertiary/aromatic N) is 2. The van der Waals surface area contributed by atoms with E-state index in [2.05, 4.69) is 6.92 Å². The topological polar surface area (TPSA) is 63.5 Å². The Bertz CT molecular complexity index is 477. The molecular weight excluding hydrogens is 359 g/mol. The monoisotopic (exact) mass is 376 g/mol. The van der Waals surface area contributed by atoms with Gasteiger partial charge >= 0.3 is 0 Å². The normalized spacial score (nSPS) is 10.3. The fourth-order valence-electron chi connectivity index (χ4n) is 1.71. The van der Waals surface area contributed by atoms with E-state index in [9.17, 15) is 14.9 Å². The van der Waals surface area contributed by atoms with Crippen LogP contribution in [0, 0.1) is 13.7 Å². The quantitative estimate of drug-likeness (QED) is 0.434. The van der Waals surface area contributed by atoms with Crippen molar-refractivity contribution in [2.45, 2.75) is 26.7 Å². The average Bonchev–Trinajstić information content (AvgIpc) is 2.39. The number of amides is 1. The Morgan fingerprint density at radius 2 is 2.11 bits per heavy atom. The van der Waals surface area contributed by atoms with Crippen molar-refractivity contribution in [1.29, 1.82) is 0 Å². The first-order chi connectivity index (χ1) is 9.01. The van der Waals surface area contributed by atoms with Crippen molar-refractivity contribution in [2.75, 3.05) is 13.1 Å². The predicted molar refractivity (Wildman–Crippen MR) is 82.3 cm³/mol. The Hall–Kier alpha value is -1.18. The molecule has 6 heteroatoms. The first-order valence-electron chi connectivity index (χ1n) is 6.24. The maximum atomic E-state index is 12.4. The molecule has 0 aromatic heterocycles. The molecule has 19 heavy (non-hydrogen) atoms. The molecule has 0 fully saturated rings.